The Balaban J connectivity index is 2.67. The van der Waals surface area contributed by atoms with Crippen molar-refractivity contribution in [3.63, 3.8) is 0 Å². The van der Waals surface area contributed by atoms with Crippen molar-refractivity contribution in [2.24, 2.45) is 0 Å². The van der Waals surface area contributed by atoms with Gasteiger partial charge in [0.2, 0.25) is 0 Å². The maximum absolute atomic E-state index is 5.24. The van der Waals surface area contributed by atoms with Crippen LogP contribution in [0.4, 0.5) is 0 Å². The molecule has 0 aromatic heterocycles. The first kappa shape index (κ1) is 7.55. The number of hydrogen-bond donors (Lipinski definition) is 0. The Hall–Kier alpha value is -0.560. The van der Waals surface area contributed by atoms with Gasteiger partial charge in [-0.3, -0.25) is 0 Å². The predicted molar refractivity (Wildman–Crippen MR) is 42.9 cm³/mol. The summed E-state index contributed by atoms with van der Waals surface area (Å²) in [6.07, 6.45) is 4.64. The topological polar surface area (TPSA) is 9.23 Å². The standard InChI is InChI=1S/C9H14O/c1-7-4-5-9(10-3)8(2)6-7/h6,9H,1,4-5H2,2-3H3. The second-order valence-corrected chi connectivity index (χ2v) is 2.81. The number of methoxy groups -OCH3 is 1. The van der Waals surface area contributed by atoms with Crippen molar-refractivity contribution in [1.82, 2.24) is 0 Å². The second kappa shape index (κ2) is 3.02. The van der Waals surface area contributed by atoms with Gasteiger partial charge in [-0.05, 0) is 25.3 Å². The quantitative estimate of drug-likeness (QED) is 0.540. The number of ether oxygens (including phenoxy) is 1. The lowest BCUT2D eigenvalue weighted by Crippen LogP contribution is -2.15. The predicted octanol–water partition coefficient (Wildman–Crippen LogP) is 2.30. The molecule has 0 aliphatic heterocycles. The molecule has 0 heterocycles. The number of allylic oxidation sites excluding steroid dienone is 2. The van der Waals surface area contributed by atoms with Gasteiger partial charge in [0.25, 0.3) is 0 Å². The van der Waals surface area contributed by atoms with E-state index in [0.29, 0.717) is 6.10 Å². The highest BCUT2D eigenvalue weighted by Gasteiger charge is 2.13. The third-order valence-corrected chi connectivity index (χ3v) is 1.95. The molecule has 0 N–H and O–H groups in total. The SMILES string of the molecule is C=C1C=C(C)C(OC)CC1. The summed E-state index contributed by atoms with van der Waals surface area (Å²) < 4.78 is 5.24. The second-order valence-electron chi connectivity index (χ2n) is 2.81. The summed E-state index contributed by atoms with van der Waals surface area (Å²) in [4.78, 5) is 0. The molecule has 0 aromatic rings. The van der Waals surface area contributed by atoms with Crippen molar-refractivity contribution in [2.75, 3.05) is 7.11 Å². The molecule has 0 spiro atoms. The van der Waals surface area contributed by atoms with Crippen LogP contribution in [0.25, 0.3) is 0 Å². The van der Waals surface area contributed by atoms with Crippen LogP contribution >= 0.6 is 0 Å². The highest BCUT2D eigenvalue weighted by molar-refractivity contribution is 5.26. The maximum atomic E-state index is 5.24. The Morgan fingerprint density at radius 3 is 2.90 bits per heavy atom. The van der Waals surface area contributed by atoms with Gasteiger partial charge in [-0.2, -0.15) is 0 Å². The highest BCUT2D eigenvalue weighted by Crippen LogP contribution is 2.22. The average Bonchev–Trinajstić information content (AvgIpc) is 1.88. The van der Waals surface area contributed by atoms with Gasteiger partial charge in [0.1, 0.15) is 0 Å². The molecule has 0 bridgehead atoms. The molecule has 1 rings (SSSR count). The first-order valence-corrected chi connectivity index (χ1v) is 3.63. The lowest BCUT2D eigenvalue weighted by Gasteiger charge is -2.20. The molecule has 1 aliphatic carbocycles. The summed E-state index contributed by atoms with van der Waals surface area (Å²) >= 11 is 0. The van der Waals surface area contributed by atoms with Gasteiger partial charge in [0.05, 0.1) is 6.10 Å². The molecule has 0 saturated heterocycles. The summed E-state index contributed by atoms with van der Waals surface area (Å²) in [7, 11) is 1.76. The summed E-state index contributed by atoms with van der Waals surface area (Å²) in [5, 5.41) is 0. The third kappa shape index (κ3) is 1.48. The van der Waals surface area contributed by atoms with Gasteiger partial charge >= 0.3 is 0 Å². The van der Waals surface area contributed by atoms with E-state index in [1.807, 2.05) is 0 Å². The normalized spacial score (nSPS) is 26.4. The van der Waals surface area contributed by atoms with Crippen molar-refractivity contribution in [2.45, 2.75) is 25.9 Å². The molecule has 0 saturated carbocycles. The van der Waals surface area contributed by atoms with Gasteiger partial charge in [-0.25, -0.2) is 0 Å². The molecular formula is C9H14O. The summed E-state index contributed by atoms with van der Waals surface area (Å²) in [6, 6.07) is 0. The molecule has 0 radical (unpaired) electrons. The molecule has 1 atom stereocenters. The first-order chi connectivity index (χ1) is 4.74. The van der Waals surface area contributed by atoms with E-state index in [4.69, 9.17) is 4.74 Å². The van der Waals surface area contributed by atoms with E-state index < -0.39 is 0 Å². The van der Waals surface area contributed by atoms with Gasteiger partial charge in [-0.1, -0.05) is 18.2 Å². The minimum atomic E-state index is 0.338. The first-order valence-electron chi connectivity index (χ1n) is 3.63. The van der Waals surface area contributed by atoms with Crippen LogP contribution in [0, 0.1) is 0 Å². The molecule has 0 fully saturated rings. The zero-order chi connectivity index (χ0) is 7.56. The summed E-state index contributed by atoms with van der Waals surface area (Å²) in [6.45, 7) is 6.00. The largest absolute Gasteiger partial charge is 0.377 e. The van der Waals surface area contributed by atoms with Crippen LogP contribution in [0.5, 0.6) is 0 Å². The van der Waals surface area contributed by atoms with Crippen molar-refractivity contribution in [1.29, 1.82) is 0 Å². The number of hydrogen-bond acceptors (Lipinski definition) is 1. The molecule has 1 heteroatoms. The lowest BCUT2D eigenvalue weighted by molar-refractivity contribution is 0.122. The van der Waals surface area contributed by atoms with Crippen LogP contribution in [0.1, 0.15) is 19.8 Å². The average molecular weight is 138 g/mol. The van der Waals surface area contributed by atoms with Crippen molar-refractivity contribution < 1.29 is 4.74 Å². The van der Waals surface area contributed by atoms with Crippen LogP contribution in [-0.2, 0) is 4.74 Å². The van der Waals surface area contributed by atoms with E-state index >= 15 is 0 Å². The molecule has 0 aromatic carbocycles. The molecule has 0 amide bonds. The fourth-order valence-corrected chi connectivity index (χ4v) is 1.33. The van der Waals surface area contributed by atoms with Crippen LogP contribution in [0.3, 0.4) is 0 Å². The van der Waals surface area contributed by atoms with Crippen LogP contribution in [0.2, 0.25) is 0 Å². The van der Waals surface area contributed by atoms with E-state index in [-0.39, 0.29) is 0 Å². The van der Waals surface area contributed by atoms with Gasteiger partial charge in [0.15, 0.2) is 0 Å². The zero-order valence-corrected chi connectivity index (χ0v) is 6.68. The fourth-order valence-electron chi connectivity index (χ4n) is 1.33. The van der Waals surface area contributed by atoms with Crippen LogP contribution in [-0.4, -0.2) is 13.2 Å². The number of rotatable bonds is 1. The molecule has 1 nitrogen and oxygen atoms in total. The highest BCUT2D eigenvalue weighted by atomic mass is 16.5. The zero-order valence-electron chi connectivity index (χ0n) is 6.68. The van der Waals surface area contributed by atoms with Gasteiger partial charge in [-0.15, -0.1) is 0 Å². The minimum Gasteiger partial charge on any atom is -0.377 e. The van der Waals surface area contributed by atoms with E-state index in [1.165, 1.54) is 11.1 Å². The Kier molecular flexibility index (Phi) is 2.28. The van der Waals surface area contributed by atoms with Crippen molar-refractivity contribution >= 4 is 0 Å². The smallest absolute Gasteiger partial charge is 0.0784 e. The van der Waals surface area contributed by atoms with E-state index in [2.05, 4.69) is 19.6 Å². The van der Waals surface area contributed by atoms with E-state index in [9.17, 15) is 0 Å². The molecule has 10 heavy (non-hydrogen) atoms. The van der Waals surface area contributed by atoms with E-state index in [0.717, 1.165) is 12.8 Å². The Bertz CT molecular complexity index is 168. The molecule has 1 aliphatic rings. The Morgan fingerprint density at radius 2 is 2.40 bits per heavy atom. The van der Waals surface area contributed by atoms with Gasteiger partial charge in [0, 0.05) is 7.11 Å². The van der Waals surface area contributed by atoms with Crippen LogP contribution in [0.15, 0.2) is 23.8 Å². The van der Waals surface area contributed by atoms with Crippen molar-refractivity contribution in [3.05, 3.63) is 23.8 Å². The van der Waals surface area contributed by atoms with Gasteiger partial charge < -0.3 is 4.74 Å². The Labute approximate surface area is 62.4 Å². The maximum Gasteiger partial charge on any atom is 0.0784 e. The summed E-state index contributed by atoms with van der Waals surface area (Å²) in [5.74, 6) is 0. The van der Waals surface area contributed by atoms with Crippen molar-refractivity contribution in [3.8, 4) is 0 Å². The third-order valence-electron chi connectivity index (χ3n) is 1.95. The monoisotopic (exact) mass is 138 g/mol. The molecule has 56 valence electrons. The van der Waals surface area contributed by atoms with Crippen LogP contribution < -0.4 is 0 Å². The Morgan fingerprint density at radius 1 is 1.70 bits per heavy atom. The lowest BCUT2D eigenvalue weighted by atomic mass is 9.95. The summed E-state index contributed by atoms with van der Waals surface area (Å²) in [5.41, 5.74) is 2.53. The molecule has 1 unspecified atom stereocenters. The fraction of sp³-hybridized carbons (Fsp3) is 0.556. The minimum absolute atomic E-state index is 0.338. The van der Waals surface area contributed by atoms with E-state index in [1.54, 1.807) is 7.11 Å². The molecular weight excluding hydrogens is 124 g/mol.